The van der Waals surface area contributed by atoms with Gasteiger partial charge >= 0.3 is 0 Å². The van der Waals surface area contributed by atoms with Crippen molar-refractivity contribution in [1.29, 1.82) is 0 Å². The number of nitrogens with one attached hydrogen (secondary N) is 1. The molecule has 29 heavy (non-hydrogen) atoms. The molecule has 3 heterocycles. The zero-order valence-corrected chi connectivity index (χ0v) is 16.2. The van der Waals surface area contributed by atoms with Gasteiger partial charge in [-0.15, -0.1) is 0 Å². The lowest BCUT2D eigenvalue weighted by Gasteiger charge is -2.25. The molecule has 0 bridgehead atoms. The minimum absolute atomic E-state index is 0.0373. The van der Waals surface area contributed by atoms with Crippen molar-refractivity contribution in [3.63, 3.8) is 0 Å². The predicted molar refractivity (Wildman–Crippen MR) is 103 cm³/mol. The molecule has 8 nitrogen and oxygen atoms in total. The molecule has 3 aromatic rings. The lowest BCUT2D eigenvalue weighted by atomic mass is 9.80. The van der Waals surface area contributed by atoms with E-state index in [2.05, 4.69) is 49.6 Å². The Labute approximate surface area is 168 Å². The highest BCUT2D eigenvalue weighted by Gasteiger charge is 2.57. The summed E-state index contributed by atoms with van der Waals surface area (Å²) in [6, 6.07) is 10.5. The standard InChI is InChI=1S/C21H23N5O3/c1-14-23-20(29-25-14)21-8-17(24-19(27)18-11-28-13-22-18)7-16(21)10-26(12-21)9-15-5-3-2-4-6-15/h2-6,11,13,16-17H,7-10,12H2,1H3,(H,24,27)/t16-,17+,21-/m0/s1. The third kappa shape index (κ3) is 3.33. The highest BCUT2D eigenvalue weighted by molar-refractivity contribution is 5.92. The summed E-state index contributed by atoms with van der Waals surface area (Å²) in [7, 11) is 0. The van der Waals surface area contributed by atoms with E-state index in [4.69, 9.17) is 8.94 Å². The van der Waals surface area contributed by atoms with Crippen LogP contribution in [-0.2, 0) is 12.0 Å². The Morgan fingerprint density at radius 1 is 1.34 bits per heavy atom. The van der Waals surface area contributed by atoms with E-state index < -0.39 is 0 Å². The molecule has 2 aliphatic rings. The van der Waals surface area contributed by atoms with Crippen molar-refractivity contribution >= 4 is 5.91 Å². The van der Waals surface area contributed by atoms with Gasteiger partial charge in [-0.3, -0.25) is 9.69 Å². The van der Waals surface area contributed by atoms with Crippen molar-refractivity contribution in [3.8, 4) is 0 Å². The zero-order chi connectivity index (χ0) is 19.8. The van der Waals surface area contributed by atoms with Gasteiger partial charge in [0.25, 0.3) is 5.91 Å². The van der Waals surface area contributed by atoms with Gasteiger partial charge < -0.3 is 14.3 Å². The normalized spacial score (nSPS) is 26.5. The molecule has 3 atom stereocenters. The Morgan fingerprint density at radius 2 is 2.21 bits per heavy atom. The first kappa shape index (κ1) is 18.1. The molecule has 2 fully saturated rings. The molecule has 0 spiro atoms. The smallest absolute Gasteiger partial charge is 0.273 e. The molecule has 1 saturated carbocycles. The fourth-order valence-corrected chi connectivity index (χ4v) is 4.96. The van der Waals surface area contributed by atoms with Crippen LogP contribution < -0.4 is 5.32 Å². The number of oxazole rings is 1. The van der Waals surface area contributed by atoms with E-state index >= 15 is 0 Å². The second-order valence-electron chi connectivity index (χ2n) is 8.14. The number of likely N-dealkylation sites (tertiary alicyclic amines) is 1. The number of aromatic nitrogens is 3. The third-order valence-electron chi connectivity index (χ3n) is 6.15. The first-order valence-electron chi connectivity index (χ1n) is 9.88. The van der Waals surface area contributed by atoms with E-state index in [1.54, 1.807) is 0 Å². The fraction of sp³-hybridized carbons (Fsp3) is 0.429. The second-order valence-corrected chi connectivity index (χ2v) is 8.14. The summed E-state index contributed by atoms with van der Waals surface area (Å²) in [4.78, 5) is 23.4. The monoisotopic (exact) mass is 393 g/mol. The van der Waals surface area contributed by atoms with Crippen LogP contribution in [0.2, 0.25) is 0 Å². The van der Waals surface area contributed by atoms with Gasteiger partial charge in [0.05, 0.1) is 5.41 Å². The molecule has 8 heteroatoms. The zero-order valence-electron chi connectivity index (χ0n) is 16.2. The van der Waals surface area contributed by atoms with Gasteiger partial charge in [0.1, 0.15) is 6.26 Å². The first-order valence-corrected chi connectivity index (χ1v) is 9.88. The van der Waals surface area contributed by atoms with Crippen molar-refractivity contribution in [1.82, 2.24) is 25.3 Å². The summed E-state index contributed by atoms with van der Waals surface area (Å²) in [6.07, 6.45) is 4.27. The average Bonchev–Trinajstić information content (AvgIpc) is 3.46. The van der Waals surface area contributed by atoms with Crippen molar-refractivity contribution in [3.05, 3.63) is 66.0 Å². The Morgan fingerprint density at radius 3 is 2.93 bits per heavy atom. The highest BCUT2D eigenvalue weighted by atomic mass is 16.5. The van der Waals surface area contributed by atoms with Crippen LogP contribution in [0.5, 0.6) is 0 Å². The van der Waals surface area contributed by atoms with Crippen LogP contribution in [-0.4, -0.2) is 45.1 Å². The van der Waals surface area contributed by atoms with Gasteiger partial charge in [0, 0.05) is 25.7 Å². The topological polar surface area (TPSA) is 97.3 Å². The number of carbonyl (C=O) groups excluding carboxylic acids is 1. The van der Waals surface area contributed by atoms with E-state index in [1.165, 1.54) is 18.2 Å². The van der Waals surface area contributed by atoms with Crippen LogP contribution in [0.3, 0.4) is 0 Å². The number of hydrogen-bond donors (Lipinski definition) is 1. The van der Waals surface area contributed by atoms with Crippen molar-refractivity contribution < 1.29 is 13.7 Å². The van der Waals surface area contributed by atoms with Crippen molar-refractivity contribution in [2.75, 3.05) is 13.1 Å². The highest BCUT2D eigenvalue weighted by Crippen LogP contribution is 2.50. The van der Waals surface area contributed by atoms with E-state index in [0.717, 1.165) is 32.5 Å². The molecular weight excluding hydrogens is 370 g/mol. The molecule has 1 aliphatic heterocycles. The number of hydrogen-bond acceptors (Lipinski definition) is 7. The van der Waals surface area contributed by atoms with Gasteiger partial charge in [0.15, 0.2) is 17.9 Å². The number of amides is 1. The van der Waals surface area contributed by atoms with E-state index in [-0.39, 0.29) is 17.4 Å². The predicted octanol–water partition coefficient (Wildman–Crippen LogP) is 2.33. The maximum atomic E-state index is 12.4. The molecular formula is C21H23N5O3. The first-order chi connectivity index (χ1) is 14.1. The quantitative estimate of drug-likeness (QED) is 0.710. The maximum absolute atomic E-state index is 12.4. The maximum Gasteiger partial charge on any atom is 0.273 e. The Bertz CT molecular complexity index is 987. The molecule has 0 radical (unpaired) electrons. The minimum atomic E-state index is -0.238. The molecule has 0 unspecified atom stereocenters. The molecule has 2 aromatic heterocycles. The Hall–Kier alpha value is -3.00. The SMILES string of the molecule is Cc1noc([C@]23C[C@H](NC(=O)c4cocn4)C[C@H]2CN(Cc2ccccc2)C3)n1. The molecule has 1 N–H and O–H groups in total. The average molecular weight is 393 g/mol. The summed E-state index contributed by atoms with van der Waals surface area (Å²) in [5, 5.41) is 7.14. The number of benzene rings is 1. The van der Waals surface area contributed by atoms with Crippen molar-refractivity contribution in [2.24, 2.45) is 5.92 Å². The summed E-state index contributed by atoms with van der Waals surface area (Å²) in [5.41, 5.74) is 1.35. The van der Waals surface area contributed by atoms with Crippen LogP contribution in [0.1, 0.15) is 40.6 Å². The van der Waals surface area contributed by atoms with E-state index in [0.29, 0.717) is 23.3 Å². The summed E-state index contributed by atoms with van der Waals surface area (Å²) in [6.45, 7) is 4.51. The number of fused-ring (bicyclic) bond motifs is 1. The van der Waals surface area contributed by atoms with E-state index in [9.17, 15) is 4.79 Å². The molecule has 1 aromatic carbocycles. The molecule has 1 amide bonds. The Kier molecular flexibility index (Phi) is 4.43. The largest absolute Gasteiger partial charge is 0.451 e. The minimum Gasteiger partial charge on any atom is -0.451 e. The summed E-state index contributed by atoms with van der Waals surface area (Å²) >= 11 is 0. The third-order valence-corrected chi connectivity index (χ3v) is 6.15. The number of nitrogens with zero attached hydrogens (tertiary/aromatic N) is 4. The molecule has 1 aliphatic carbocycles. The van der Waals surface area contributed by atoms with Gasteiger partial charge in [-0.2, -0.15) is 4.98 Å². The van der Waals surface area contributed by atoms with Gasteiger partial charge in [-0.1, -0.05) is 35.5 Å². The van der Waals surface area contributed by atoms with Crippen LogP contribution in [0, 0.1) is 12.8 Å². The summed E-state index contributed by atoms with van der Waals surface area (Å²) in [5.74, 6) is 1.47. The number of carbonyl (C=O) groups is 1. The van der Waals surface area contributed by atoms with Crippen LogP contribution >= 0.6 is 0 Å². The van der Waals surface area contributed by atoms with Crippen molar-refractivity contribution in [2.45, 2.75) is 37.8 Å². The number of rotatable bonds is 5. The number of aryl methyl sites for hydroxylation is 1. The van der Waals surface area contributed by atoms with Crippen LogP contribution in [0.25, 0.3) is 0 Å². The summed E-state index contributed by atoms with van der Waals surface area (Å²) < 4.78 is 10.6. The fourth-order valence-electron chi connectivity index (χ4n) is 4.96. The van der Waals surface area contributed by atoms with Gasteiger partial charge in [-0.05, 0) is 31.2 Å². The van der Waals surface area contributed by atoms with Crippen LogP contribution in [0.4, 0.5) is 0 Å². The lowest BCUT2D eigenvalue weighted by molar-refractivity contribution is 0.0928. The van der Waals surface area contributed by atoms with E-state index in [1.807, 2.05) is 13.0 Å². The lowest BCUT2D eigenvalue weighted by Crippen LogP contribution is -2.38. The van der Waals surface area contributed by atoms with Gasteiger partial charge in [-0.25, -0.2) is 4.98 Å². The Balaban J connectivity index is 1.36. The van der Waals surface area contributed by atoms with Gasteiger partial charge in [0.2, 0.25) is 5.89 Å². The van der Waals surface area contributed by atoms with Crippen LogP contribution in [0.15, 0.2) is 51.9 Å². The molecule has 1 saturated heterocycles. The molecule has 5 rings (SSSR count). The second kappa shape index (κ2) is 7.11. The molecule has 150 valence electrons.